The van der Waals surface area contributed by atoms with Gasteiger partial charge in [-0.2, -0.15) is 4.98 Å². The number of thioether (sulfide) groups is 1. The molecule has 0 bridgehead atoms. The SMILES string of the molecule is Nc1nc(SCCc2ccccc2)nc(OCCc2ccccc2)c1N(CCc1ccccc1)S(=O)(=O)c1cccc([N+](=O)[O-])c1. The Hall–Kier alpha value is -4.94. The van der Waals surface area contributed by atoms with Gasteiger partial charge in [0, 0.05) is 30.9 Å². The Labute approximate surface area is 272 Å². The Morgan fingerprint density at radius 1 is 0.783 bits per heavy atom. The van der Waals surface area contributed by atoms with Crippen LogP contribution in [0.15, 0.2) is 125 Å². The van der Waals surface area contributed by atoms with Gasteiger partial charge in [0.25, 0.3) is 15.7 Å². The molecule has 236 valence electrons. The molecule has 0 fully saturated rings. The molecule has 10 nitrogen and oxygen atoms in total. The number of sulfonamides is 1. The zero-order valence-corrected chi connectivity index (χ0v) is 26.6. The molecular weight excluding hydrogens is 623 g/mol. The van der Waals surface area contributed by atoms with Crippen LogP contribution in [0, 0.1) is 10.1 Å². The van der Waals surface area contributed by atoms with Gasteiger partial charge in [-0.05, 0) is 35.6 Å². The zero-order chi connectivity index (χ0) is 32.4. The number of hydrogen-bond donors (Lipinski definition) is 1. The van der Waals surface area contributed by atoms with E-state index >= 15 is 0 Å². The highest BCUT2D eigenvalue weighted by Crippen LogP contribution is 2.38. The topological polar surface area (TPSA) is 142 Å². The van der Waals surface area contributed by atoms with Crippen LogP contribution in [-0.2, 0) is 29.3 Å². The van der Waals surface area contributed by atoms with E-state index < -0.39 is 14.9 Å². The number of rotatable bonds is 15. The number of hydrogen-bond acceptors (Lipinski definition) is 9. The summed E-state index contributed by atoms with van der Waals surface area (Å²) in [5, 5.41) is 11.9. The Morgan fingerprint density at radius 2 is 1.37 bits per heavy atom. The van der Waals surface area contributed by atoms with Crippen molar-refractivity contribution in [1.29, 1.82) is 0 Å². The van der Waals surface area contributed by atoms with E-state index in [-0.39, 0.29) is 41.1 Å². The Kier molecular flexibility index (Phi) is 10.8. The number of aryl methyl sites for hydroxylation is 1. The van der Waals surface area contributed by atoms with Crippen LogP contribution < -0.4 is 14.8 Å². The lowest BCUT2D eigenvalue weighted by molar-refractivity contribution is -0.385. The van der Waals surface area contributed by atoms with E-state index in [1.165, 1.54) is 30.0 Å². The van der Waals surface area contributed by atoms with Gasteiger partial charge in [-0.25, -0.2) is 13.4 Å². The lowest BCUT2D eigenvalue weighted by Gasteiger charge is -2.27. The van der Waals surface area contributed by atoms with Crippen molar-refractivity contribution in [3.63, 3.8) is 0 Å². The first-order chi connectivity index (χ1) is 22.3. The van der Waals surface area contributed by atoms with Gasteiger partial charge in [-0.15, -0.1) is 0 Å². The minimum Gasteiger partial charge on any atom is -0.476 e. The van der Waals surface area contributed by atoms with Crippen molar-refractivity contribution in [2.75, 3.05) is 28.9 Å². The summed E-state index contributed by atoms with van der Waals surface area (Å²) >= 11 is 1.39. The molecule has 46 heavy (non-hydrogen) atoms. The summed E-state index contributed by atoms with van der Waals surface area (Å²) in [7, 11) is -4.39. The summed E-state index contributed by atoms with van der Waals surface area (Å²) in [6, 6.07) is 34.1. The molecule has 0 unspecified atom stereocenters. The Morgan fingerprint density at radius 3 is 1.98 bits per heavy atom. The highest BCUT2D eigenvalue weighted by atomic mass is 32.2. The number of aromatic nitrogens is 2. The molecule has 0 aliphatic carbocycles. The predicted molar refractivity (Wildman–Crippen MR) is 181 cm³/mol. The van der Waals surface area contributed by atoms with Gasteiger partial charge < -0.3 is 10.5 Å². The molecular formula is C34H33N5O5S2. The lowest BCUT2D eigenvalue weighted by atomic mass is 10.1. The molecule has 0 radical (unpaired) electrons. The summed E-state index contributed by atoms with van der Waals surface area (Å²) in [5.74, 6) is 0.609. The molecule has 0 aliphatic heterocycles. The summed E-state index contributed by atoms with van der Waals surface area (Å²) in [6.07, 6.45) is 1.64. The maximum Gasteiger partial charge on any atom is 0.270 e. The lowest BCUT2D eigenvalue weighted by Crippen LogP contribution is -2.34. The van der Waals surface area contributed by atoms with Crippen LogP contribution in [0.5, 0.6) is 5.88 Å². The van der Waals surface area contributed by atoms with Gasteiger partial charge in [0.1, 0.15) is 0 Å². The molecule has 1 aromatic heterocycles. The summed E-state index contributed by atoms with van der Waals surface area (Å²) in [5.41, 5.74) is 9.28. The molecule has 4 aromatic carbocycles. The van der Waals surface area contributed by atoms with E-state index in [9.17, 15) is 18.5 Å². The van der Waals surface area contributed by atoms with Crippen LogP contribution in [-0.4, -0.2) is 42.2 Å². The van der Waals surface area contributed by atoms with Crippen LogP contribution >= 0.6 is 11.8 Å². The van der Waals surface area contributed by atoms with Gasteiger partial charge in [0.05, 0.1) is 16.4 Å². The van der Waals surface area contributed by atoms with E-state index in [4.69, 9.17) is 10.5 Å². The summed E-state index contributed by atoms with van der Waals surface area (Å²) in [4.78, 5) is 19.8. The number of nitro benzene ring substituents is 1. The maximum absolute atomic E-state index is 14.3. The number of nitro groups is 1. The fourth-order valence-corrected chi connectivity index (χ4v) is 7.11. The molecule has 5 rings (SSSR count). The number of nitrogen functional groups attached to an aromatic ring is 1. The second-order valence-electron chi connectivity index (χ2n) is 10.3. The van der Waals surface area contributed by atoms with Crippen molar-refractivity contribution >= 4 is 39.0 Å². The van der Waals surface area contributed by atoms with Gasteiger partial charge in [0.2, 0.25) is 5.88 Å². The van der Waals surface area contributed by atoms with Crippen molar-refractivity contribution in [1.82, 2.24) is 9.97 Å². The highest BCUT2D eigenvalue weighted by molar-refractivity contribution is 7.99. The fourth-order valence-electron chi connectivity index (χ4n) is 4.76. The quantitative estimate of drug-likeness (QED) is 0.0590. The number of ether oxygens (including phenoxy) is 1. The first-order valence-electron chi connectivity index (χ1n) is 14.6. The molecule has 5 aromatic rings. The van der Waals surface area contributed by atoms with Gasteiger partial charge >= 0.3 is 0 Å². The van der Waals surface area contributed by atoms with Crippen LogP contribution in [0.2, 0.25) is 0 Å². The van der Waals surface area contributed by atoms with E-state index in [0.717, 1.165) is 33.5 Å². The van der Waals surface area contributed by atoms with Crippen LogP contribution in [0.3, 0.4) is 0 Å². The van der Waals surface area contributed by atoms with Crippen LogP contribution in [0.4, 0.5) is 17.2 Å². The number of anilines is 2. The van der Waals surface area contributed by atoms with Crippen molar-refractivity contribution in [3.05, 3.63) is 142 Å². The second-order valence-corrected chi connectivity index (χ2v) is 13.2. The Bertz CT molecular complexity index is 1860. The molecule has 0 aliphatic rings. The smallest absolute Gasteiger partial charge is 0.270 e. The maximum atomic E-state index is 14.3. The van der Waals surface area contributed by atoms with Gasteiger partial charge in [-0.1, -0.05) is 109 Å². The van der Waals surface area contributed by atoms with Gasteiger partial charge in [-0.3, -0.25) is 14.4 Å². The molecule has 2 N–H and O–H groups in total. The van der Waals surface area contributed by atoms with Crippen molar-refractivity contribution in [2.24, 2.45) is 0 Å². The van der Waals surface area contributed by atoms with Crippen molar-refractivity contribution < 1.29 is 18.1 Å². The first kappa shape index (κ1) is 32.5. The van der Waals surface area contributed by atoms with E-state index in [2.05, 4.69) is 9.97 Å². The third kappa shape index (κ3) is 8.40. The zero-order valence-electron chi connectivity index (χ0n) is 24.9. The van der Waals surface area contributed by atoms with E-state index in [1.54, 1.807) is 0 Å². The molecule has 12 heteroatoms. The van der Waals surface area contributed by atoms with Crippen molar-refractivity contribution in [3.8, 4) is 5.88 Å². The standard InChI is InChI=1S/C34H33N5O5S2/c35-32-31(38(22-19-26-11-4-1-5-12-26)46(42,43)30-18-10-17-29(25-30)39(40)41)33(44-23-20-27-13-6-2-7-14-27)37-34(36-32)45-24-21-28-15-8-3-9-16-28/h1-18,25H,19-24H2,(H2,35,36,37). The average molecular weight is 656 g/mol. The normalized spacial score (nSPS) is 11.2. The molecule has 0 atom stereocenters. The Balaban J connectivity index is 1.53. The summed E-state index contributed by atoms with van der Waals surface area (Å²) in [6.45, 7) is 0.156. The highest BCUT2D eigenvalue weighted by Gasteiger charge is 2.32. The number of nitrogens with two attached hydrogens (primary N) is 1. The second kappa shape index (κ2) is 15.4. The van der Waals surface area contributed by atoms with Gasteiger partial charge in [0.15, 0.2) is 16.7 Å². The monoisotopic (exact) mass is 655 g/mol. The number of benzene rings is 4. The third-order valence-electron chi connectivity index (χ3n) is 7.11. The third-order valence-corrected chi connectivity index (χ3v) is 9.75. The largest absolute Gasteiger partial charge is 0.476 e. The average Bonchev–Trinajstić information content (AvgIpc) is 3.07. The van der Waals surface area contributed by atoms with E-state index in [1.807, 2.05) is 91.0 Å². The number of nitrogens with zero attached hydrogens (tertiary/aromatic N) is 4. The first-order valence-corrected chi connectivity index (χ1v) is 17.1. The number of non-ortho nitro benzene ring substituents is 1. The molecule has 0 spiro atoms. The van der Waals surface area contributed by atoms with Crippen LogP contribution in [0.1, 0.15) is 16.7 Å². The predicted octanol–water partition coefficient (Wildman–Crippen LogP) is 6.36. The molecule has 0 saturated carbocycles. The fraction of sp³-hybridized carbons (Fsp3) is 0.176. The van der Waals surface area contributed by atoms with Crippen molar-refractivity contribution in [2.45, 2.75) is 29.3 Å². The molecule has 1 heterocycles. The summed E-state index contributed by atoms with van der Waals surface area (Å²) < 4.78 is 35.8. The minimum absolute atomic E-state index is 0.0112. The molecule has 0 saturated heterocycles. The minimum atomic E-state index is -4.39. The van der Waals surface area contributed by atoms with E-state index in [0.29, 0.717) is 23.8 Å². The molecule has 0 amide bonds. The van der Waals surface area contributed by atoms with Crippen LogP contribution in [0.25, 0.3) is 0 Å².